The number of carbonyl (C=O) groups excluding carboxylic acids is 1. The second-order valence-electron chi connectivity index (χ2n) is 3.68. The molecule has 0 aliphatic heterocycles. The Bertz CT molecular complexity index is 470. The average Bonchev–Trinajstić information content (AvgIpc) is 2.35. The summed E-state index contributed by atoms with van der Waals surface area (Å²) in [5.74, 6) is -1.52. The summed E-state index contributed by atoms with van der Waals surface area (Å²) in [5, 5.41) is 17.4. The summed E-state index contributed by atoms with van der Waals surface area (Å²) in [7, 11) is 1.35. The van der Waals surface area contributed by atoms with Gasteiger partial charge in [0.2, 0.25) is 0 Å². The minimum Gasteiger partial charge on any atom is -0.496 e. The Labute approximate surface area is 109 Å². The maximum Gasteiger partial charge on any atom is 0.337 e. The SMILES string of the molecule is COc1cc(C(O)C(=O)O)ccc1C(=O)C(C)Cl. The Hall–Kier alpha value is -1.59. The second-order valence-corrected chi connectivity index (χ2v) is 4.34. The van der Waals surface area contributed by atoms with Crippen LogP contribution in [0.25, 0.3) is 0 Å². The highest BCUT2D eigenvalue weighted by Gasteiger charge is 2.21. The Morgan fingerprint density at radius 2 is 2.00 bits per heavy atom. The summed E-state index contributed by atoms with van der Waals surface area (Å²) in [6.07, 6.45) is -1.66. The predicted octanol–water partition coefficient (Wildman–Crippen LogP) is 1.62. The summed E-state index contributed by atoms with van der Waals surface area (Å²) < 4.78 is 5.00. The lowest BCUT2D eigenvalue weighted by molar-refractivity contribution is -0.146. The van der Waals surface area contributed by atoms with Gasteiger partial charge in [-0.25, -0.2) is 4.79 Å². The van der Waals surface area contributed by atoms with Gasteiger partial charge >= 0.3 is 5.97 Å². The molecule has 2 atom stereocenters. The molecule has 5 nitrogen and oxygen atoms in total. The number of ether oxygens (including phenoxy) is 1. The first-order valence-electron chi connectivity index (χ1n) is 5.15. The Kier molecular flexibility index (Phi) is 4.69. The lowest BCUT2D eigenvalue weighted by Crippen LogP contribution is -2.14. The third-order valence-electron chi connectivity index (χ3n) is 2.40. The zero-order valence-corrected chi connectivity index (χ0v) is 10.6. The van der Waals surface area contributed by atoms with Gasteiger partial charge in [-0.1, -0.05) is 6.07 Å². The van der Waals surface area contributed by atoms with E-state index in [4.69, 9.17) is 21.4 Å². The van der Waals surface area contributed by atoms with Gasteiger partial charge in [-0.15, -0.1) is 11.6 Å². The van der Waals surface area contributed by atoms with E-state index in [1.54, 1.807) is 0 Å². The van der Waals surface area contributed by atoms with E-state index >= 15 is 0 Å². The van der Waals surface area contributed by atoms with Gasteiger partial charge in [-0.2, -0.15) is 0 Å². The number of alkyl halides is 1. The molecule has 18 heavy (non-hydrogen) atoms. The van der Waals surface area contributed by atoms with Gasteiger partial charge in [0.25, 0.3) is 0 Å². The molecule has 0 aliphatic rings. The van der Waals surface area contributed by atoms with Crippen molar-refractivity contribution in [2.75, 3.05) is 7.11 Å². The highest BCUT2D eigenvalue weighted by molar-refractivity contribution is 6.33. The maximum atomic E-state index is 11.7. The molecular weight excluding hydrogens is 260 g/mol. The van der Waals surface area contributed by atoms with E-state index in [0.29, 0.717) is 0 Å². The Morgan fingerprint density at radius 3 is 2.44 bits per heavy atom. The fourth-order valence-electron chi connectivity index (χ4n) is 1.44. The summed E-state index contributed by atoms with van der Waals surface area (Å²) in [4.78, 5) is 22.4. The van der Waals surface area contributed by atoms with Gasteiger partial charge in [0, 0.05) is 0 Å². The lowest BCUT2D eigenvalue weighted by atomic mass is 10.0. The Balaban J connectivity index is 3.19. The van der Waals surface area contributed by atoms with Crippen LogP contribution in [0.3, 0.4) is 0 Å². The number of carboxylic acid groups (broad SMARTS) is 1. The molecule has 0 aliphatic carbocycles. The number of aliphatic carboxylic acids is 1. The largest absolute Gasteiger partial charge is 0.496 e. The first-order chi connectivity index (χ1) is 8.38. The number of carbonyl (C=O) groups is 2. The van der Waals surface area contributed by atoms with Crippen LogP contribution < -0.4 is 4.74 Å². The number of hydrogen-bond donors (Lipinski definition) is 2. The van der Waals surface area contributed by atoms with Gasteiger partial charge in [0.15, 0.2) is 11.9 Å². The topological polar surface area (TPSA) is 83.8 Å². The van der Waals surface area contributed by atoms with E-state index < -0.39 is 17.5 Å². The van der Waals surface area contributed by atoms with E-state index in [-0.39, 0.29) is 22.7 Å². The van der Waals surface area contributed by atoms with Gasteiger partial charge < -0.3 is 14.9 Å². The van der Waals surface area contributed by atoms with Crippen LogP contribution in [0.15, 0.2) is 18.2 Å². The summed E-state index contributed by atoms with van der Waals surface area (Å²) in [6.45, 7) is 1.53. The molecule has 1 aromatic rings. The van der Waals surface area contributed by atoms with Gasteiger partial charge in [0.1, 0.15) is 5.75 Å². The van der Waals surface area contributed by atoms with Gasteiger partial charge in [0.05, 0.1) is 18.1 Å². The molecule has 2 N–H and O–H groups in total. The van der Waals surface area contributed by atoms with Crippen molar-refractivity contribution in [2.45, 2.75) is 18.4 Å². The van der Waals surface area contributed by atoms with Crippen LogP contribution in [0.5, 0.6) is 5.75 Å². The standard InChI is InChI=1S/C12H13ClO5/c1-6(13)10(14)8-4-3-7(5-9(8)18-2)11(15)12(16)17/h3-6,11,15H,1-2H3,(H,16,17). The van der Waals surface area contributed by atoms with Crippen LogP contribution in [0.4, 0.5) is 0 Å². The van der Waals surface area contributed by atoms with E-state index in [2.05, 4.69) is 0 Å². The normalized spacial score (nSPS) is 13.8. The van der Waals surface area contributed by atoms with Gasteiger partial charge in [-0.3, -0.25) is 4.79 Å². The summed E-state index contributed by atoms with van der Waals surface area (Å²) in [6, 6.07) is 4.06. The van der Waals surface area contributed by atoms with Crippen molar-refractivity contribution in [3.63, 3.8) is 0 Å². The molecule has 0 bridgehead atoms. The van der Waals surface area contributed by atoms with Crippen molar-refractivity contribution in [3.8, 4) is 5.75 Å². The van der Waals surface area contributed by atoms with E-state index in [9.17, 15) is 14.7 Å². The number of methoxy groups -OCH3 is 1. The van der Waals surface area contributed by atoms with Crippen molar-refractivity contribution in [1.82, 2.24) is 0 Å². The number of rotatable bonds is 5. The lowest BCUT2D eigenvalue weighted by Gasteiger charge is -2.12. The molecule has 1 rings (SSSR count). The molecule has 0 radical (unpaired) electrons. The molecule has 0 fully saturated rings. The highest BCUT2D eigenvalue weighted by Crippen LogP contribution is 2.26. The fourth-order valence-corrected chi connectivity index (χ4v) is 1.56. The number of halogens is 1. The number of Topliss-reactive ketones (excluding diaryl/α,β-unsaturated/α-hetero) is 1. The van der Waals surface area contributed by atoms with E-state index in [1.807, 2.05) is 0 Å². The number of ketones is 1. The third-order valence-corrected chi connectivity index (χ3v) is 2.60. The van der Waals surface area contributed by atoms with Crippen LogP contribution in [-0.4, -0.2) is 34.5 Å². The maximum absolute atomic E-state index is 11.7. The van der Waals surface area contributed by atoms with Crippen LogP contribution in [0.2, 0.25) is 0 Å². The molecule has 98 valence electrons. The molecule has 0 saturated heterocycles. The minimum atomic E-state index is -1.66. The minimum absolute atomic E-state index is 0.137. The average molecular weight is 273 g/mol. The molecule has 6 heteroatoms. The van der Waals surface area contributed by atoms with Crippen LogP contribution in [-0.2, 0) is 4.79 Å². The van der Waals surface area contributed by atoms with E-state index in [1.165, 1.54) is 32.2 Å². The number of benzene rings is 1. The summed E-state index contributed by atoms with van der Waals surface area (Å²) >= 11 is 5.70. The molecule has 0 amide bonds. The first kappa shape index (κ1) is 14.5. The predicted molar refractivity (Wildman–Crippen MR) is 65.2 cm³/mol. The zero-order valence-electron chi connectivity index (χ0n) is 9.88. The Morgan fingerprint density at radius 1 is 1.39 bits per heavy atom. The first-order valence-corrected chi connectivity index (χ1v) is 5.59. The summed E-state index contributed by atoms with van der Waals surface area (Å²) in [5.41, 5.74) is 0.388. The second kappa shape index (κ2) is 5.84. The number of aliphatic hydroxyl groups is 1. The highest BCUT2D eigenvalue weighted by atomic mass is 35.5. The van der Waals surface area contributed by atoms with Crippen molar-refractivity contribution in [1.29, 1.82) is 0 Å². The third kappa shape index (κ3) is 3.00. The number of aliphatic hydroxyl groups excluding tert-OH is 1. The van der Waals surface area contributed by atoms with Crippen LogP contribution in [0.1, 0.15) is 28.9 Å². The zero-order chi connectivity index (χ0) is 13.9. The van der Waals surface area contributed by atoms with Gasteiger partial charge in [-0.05, 0) is 24.6 Å². The van der Waals surface area contributed by atoms with E-state index in [0.717, 1.165) is 0 Å². The molecule has 0 aromatic heterocycles. The molecule has 0 saturated carbocycles. The molecule has 0 spiro atoms. The van der Waals surface area contributed by atoms with Crippen LogP contribution in [0, 0.1) is 0 Å². The fraction of sp³-hybridized carbons (Fsp3) is 0.333. The monoisotopic (exact) mass is 272 g/mol. The van der Waals surface area contributed by atoms with Crippen molar-refractivity contribution in [3.05, 3.63) is 29.3 Å². The van der Waals surface area contributed by atoms with Crippen molar-refractivity contribution < 1.29 is 24.5 Å². The molecule has 2 unspecified atom stereocenters. The van der Waals surface area contributed by atoms with Crippen molar-refractivity contribution in [2.24, 2.45) is 0 Å². The van der Waals surface area contributed by atoms with Crippen molar-refractivity contribution >= 4 is 23.4 Å². The molecule has 1 aromatic carbocycles. The van der Waals surface area contributed by atoms with Crippen LogP contribution >= 0.6 is 11.6 Å². The number of carboxylic acids is 1. The number of hydrogen-bond acceptors (Lipinski definition) is 4. The smallest absolute Gasteiger partial charge is 0.337 e. The quantitative estimate of drug-likeness (QED) is 0.629. The molecular formula is C12H13ClO5. The molecule has 0 heterocycles.